The minimum absolute atomic E-state index is 0.509. The molecule has 1 N–H and O–H groups in total. The molecule has 0 aliphatic carbocycles. The van der Waals surface area contributed by atoms with Gasteiger partial charge >= 0.3 is 0 Å². The molecule has 0 bridgehead atoms. The standard InChI is InChI=1S/C14H25N3O3S/c1-5-17(21(4,18)19)8-6-7-15-11-13-10-14(20-3)9-12(2)16-13/h9-10,15H,5-8,11H2,1-4H3. The maximum absolute atomic E-state index is 11.4. The van der Waals surface area contributed by atoms with Crippen LogP contribution in [0.5, 0.6) is 5.75 Å². The van der Waals surface area contributed by atoms with Crippen molar-refractivity contribution < 1.29 is 13.2 Å². The minimum Gasteiger partial charge on any atom is -0.497 e. The van der Waals surface area contributed by atoms with E-state index in [1.807, 2.05) is 26.0 Å². The molecule has 0 atom stereocenters. The Hall–Kier alpha value is -1.18. The summed E-state index contributed by atoms with van der Waals surface area (Å²) in [7, 11) is -1.46. The molecule has 1 heterocycles. The zero-order valence-corrected chi connectivity index (χ0v) is 14.0. The molecule has 0 aromatic carbocycles. The van der Waals surface area contributed by atoms with E-state index in [0.29, 0.717) is 19.6 Å². The van der Waals surface area contributed by atoms with Crippen LogP contribution >= 0.6 is 0 Å². The molecule has 6 nitrogen and oxygen atoms in total. The average Bonchev–Trinajstić information content (AvgIpc) is 2.40. The molecule has 0 fully saturated rings. The average molecular weight is 315 g/mol. The van der Waals surface area contributed by atoms with E-state index >= 15 is 0 Å². The molecule has 0 unspecified atom stereocenters. The number of methoxy groups -OCH3 is 1. The summed E-state index contributed by atoms with van der Waals surface area (Å²) in [6, 6.07) is 3.78. The molecule has 1 aromatic heterocycles. The number of ether oxygens (including phenoxy) is 1. The van der Waals surface area contributed by atoms with Crippen LogP contribution < -0.4 is 10.1 Å². The van der Waals surface area contributed by atoms with Crippen LogP contribution in [0, 0.1) is 6.92 Å². The number of pyridine rings is 1. The van der Waals surface area contributed by atoms with E-state index in [-0.39, 0.29) is 0 Å². The lowest BCUT2D eigenvalue weighted by atomic mass is 10.3. The van der Waals surface area contributed by atoms with Gasteiger partial charge in [0, 0.05) is 37.5 Å². The maximum Gasteiger partial charge on any atom is 0.211 e. The number of nitrogens with zero attached hydrogens (tertiary/aromatic N) is 2. The van der Waals surface area contributed by atoms with Crippen molar-refractivity contribution in [2.75, 3.05) is 33.0 Å². The van der Waals surface area contributed by atoms with Gasteiger partial charge in [-0.2, -0.15) is 0 Å². The lowest BCUT2D eigenvalue weighted by molar-refractivity contribution is 0.411. The van der Waals surface area contributed by atoms with E-state index < -0.39 is 10.0 Å². The van der Waals surface area contributed by atoms with Crippen LogP contribution in [0.1, 0.15) is 24.7 Å². The third kappa shape index (κ3) is 6.41. The molecule has 0 saturated heterocycles. The summed E-state index contributed by atoms with van der Waals surface area (Å²) < 4.78 is 29.6. The number of hydrogen-bond donors (Lipinski definition) is 1. The lowest BCUT2D eigenvalue weighted by Gasteiger charge is -2.17. The second-order valence-electron chi connectivity index (χ2n) is 4.92. The fraction of sp³-hybridized carbons (Fsp3) is 0.643. The van der Waals surface area contributed by atoms with Crippen LogP contribution in [-0.2, 0) is 16.6 Å². The Labute approximate surface area is 127 Å². The number of aryl methyl sites for hydroxylation is 1. The summed E-state index contributed by atoms with van der Waals surface area (Å²) >= 11 is 0. The molecule has 0 aliphatic heterocycles. The third-order valence-electron chi connectivity index (χ3n) is 3.10. The number of nitrogens with one attached hydrogen (secondary N) is 1. The van der Waals surface area contributed by atoms with Gasteiger partial charge in [-0.15, -0.1) is 0 Å². The van der Waals surface area contributed by atoms with Crippen molar-refractivity contribution in [2.24, 2.45) is 0 Å². The molecule has 1 rings (SSSR count). The first-order valence-corrected chi connectivity index (χ1v) is 8.89. The van der Waals surface area contributed by atoms with Crippen molar-refractivity contribution >= 4 is 10.0 Å². The van der Waals surface area contributed by atoms with E-state index in [1.54, 1.807) is 7.11 Å². The van der Waals surface area contributed by atoms with Crippen LogP contribution in [0.25, 0.3) is 0 Å². The Morgan fingerprint density at radius 1 is 1.38 bits per heavy atom. The van der Waals surface area contributed by atoms with E-state index in [2.05, 4.69) is 10.3 Å². The summed E-state index contributed by atoms with van der Waals surface area (Å²) in [6.45, 7) is 6.20. The second-order valence-corrected chi connectivity index (χ2v) is 6.91. The summed E-state index contributed by atoms with van der Waals surface area (Å²) in [4.78, 5) is 4.42. The summed E-state index contributed by atoms with van der Waals surface area (Å²) in [6.07, 6.45) is 2.01. The van der Waals surface area contributed by atoms with Crippen LogP contribution in [0.3, 0.4) is 0 Å². The van der Waals surface area contributed by atoms with Gasteiger partial charge in [0.25, 0.3) is 0 Å². The summed E-state index contributed by atoms with van der Waals surface area (Å²) in [5.74, 6) is 0.800. The summed E-state index contributed by atoms with van der Waals surface area (Å²) in [5, 5.41) is 3.27. The molecule has 0 spiro atoms. The predicted octanol–water partition coefficient (Wildman–Crippen LogP) is 1.16. The molecule has 0 aliphatic rings. The Kier molecular flexibility index (Phi) is 7.07. The maximum atomic E-state index is 11.4. The molecule has 21 heavy (non-hydrogen) atoms. The minimum atomic E-state index is -3.09. The van der Waals surface area contributed by atoms with Crippen molar-refractivity contribution in [2.45, 2.75) is 26.8 Å². The highest BCUT2D eigenvalue weighted by Crippen LogP contribution is 2.12. The monoisotopic (exact) mass is 315 g/mol. The highest BCUT2D eigenvalue weighted by molar-refractivity contribution is 7.88. The molecule has 7 heteroatoms. The largest absolute Gasteiger partial charge is 0.497 e. The molecule has 0 amide bonds. The zero-order valence-electron chi connectivity index (χ0n) is 13.2. The quantitative estimate of drug-likeness (QED) is 0.692. The molecular formula is C14H25N3O3S. The fourth-order valence-electron chi connectivity index (χ4n) is 2.07. The summed E-state index contributed by atoms with van der Waals surface area (Å²) in [5.41, 5.74) is 1.84. The zero-order chi connectivity index (χ0) is 15.9. The van der Waals surface area contributed by atoms with Crippen molar-refractivity contribution in [3.8, 4) is 5.75 Å². The van der Waals surface area contributed by atoms with E-state index in [1.165, 1.54) is 10.6 Å². The SMILES string of the molecule is CCN(CCCNCc1cc(OC)cc(C)n1)S(C)(=O)=O. The molecular weight excluding hydrogens is 290 g/mol. The number of rotatable bonds is 9. The fourth-order valence-corrected chi connectivity index (χ4v) is 3.00. The van der Waals surface area contributed by atoms with Gasteiger partial charge in [0.15, 0.2) is 0 Å². The van der Waals surface area contributed by atoms with Gasteiger partial charge in [-0.1, -0.05) is 6.92 Å². The number of sulfonamides is 1. The highest BCUT2D eigenvalue weighted by atomic mass is 32.2. The van der Waals surface area contributed by atoms with Gasteiger partial charge in [-0.05, 0) is 19.9 Å². The normalized spacial score (nSPS) is 11.9. The van der Waals surface area contributed by atoms with Gasteiger partial charge in [0.05, 0.1) is 19.1 Å². The van der Waals surface area contributed by atoms with Gasteiger partial charge in [-0.3, -0.25) is 4.98 Å². The first kappa shape index (κ1) is 17.9. The molecule has 120 valence electrons. The Balaban J connectivity index is 2.36. The predicted molar refractivity (Wildman–Crippen MR) is 83.9 cm³/mol. The van der Waals surface area contributed by atoms with Gasteiger partial charge in [0.2, 0.25) is 10.0 Å². The molecule has 0 saturated carbocycles. The van der Waals surface area contributed by atoms with Crippen molar-refractivity contribution in [3.63, 3.8) is 0 Å². The van der Waals surface area contributed by atoms with Crippen LogP contribution in [-0.4, -0.2) is 50.7 Å². The number of hydrogen-bond acceptors (Lipinski definition) is 5. The first-order valence-electron chi connectivity index (χ1n) is 7.04. The van der Waals surface area contributed by atoms with Crippen LogP contribution in [0.4, 0.5) is 0 Å². The van der Waals surface area contributed by atoms with Crippen LogP contribution in [0.2, 0.25) is 0 Å². The first-order chi connectivity index (χ1) is 9.86. The second kappa shape index (κ2) is 8.31. The van der Waals surface area contributed by atoms with Gasteiger partial charge in [0.1, 0.15) is 5.75 Å². The van der Waals surface area contributed by atoms with Crippen molar-refractivity contribution in [1.29, 1.82) is 0 Å². The smallest absolute Gasteiger partial charge is 0.211 e. The number of aromatic nitrogens is 1. The Morgan fingerprint density at radius 3 is 2.67 bits per heavy atom. The topological polar surface area (TPSA) is 71.5 Å². The molecule has 0 radical (unpaired) electrons. The lowest BCUT2D eigenvalue weighted by Crippen LogP contribution is -2.32. The van der Waals surface area contributed by atoms with Crippen LogP contribution in [0.15, 0.2) is 12.1 Å². The van der Waals surface area contributed by atoms with E-state index in [9.17, 15) is 8.42 Å². The van der Waals surface area contributed by atoms with Gasteiger partial charge < -0.3 is 10.1 Å². The Morgan fingerprint density at radius 2 is 2.10 bits per heavy atom. The Bertz CT molecular complexity index is 546. The highest BCUT2D eigenvalue weighted by Gasteiger charge is 2.12. The van der Waals surface area contributed by atoms with Gasteiger partial charge in [-0.25, -0.2) is 12.7 Å². The third-order valence-corrected chi connectivity index (χ3v) is 4.48. The van der Waals surface area contributed by atoms with E-state index in [0.717, 1.165) is 30.1 Å². The van der Waals surface area contributed by atoms with E-state index in [4.69, 9.17) is 4.74 Å². The van der Waals surface area contributed by atoms with Crippen molar-refractivity contribution in [1.82, 2.24) is 14.6 Å². The molecule has 1 aromatic rings. The van der Waals surface area contributed by atoms with Crippen molar-refractivity contribution in [3.05, 3.63) is 23.5 Å².